The highest BCUT2D eigenvalue weighted by atomic mass is 127. The first kappa shape index (κ1) is 24.0. The van der Waals surface area contributed by atoms with Crippen molar-refractivity contribution in [3.05, 3.63) is 95.2 Å². The maximum atomic E-state index is 13.4. The summed E-state index contributed by atoms with van der Waals surface area (Å²) in [6.45, 7) is 1.14. The van der Waals surface area contributed by atoms with Crippen LogP contribution in [0.15, 0.2) is 72.8 Å². The van der Waals surface area contributed by atoms with E-state index in [1.165, 1.54) is 16.5 Å². The minimum Gasteiger partial charge on any atom is -0.494 e. The van der Waals surface area contributed by atoms with Crippen molar-refractivity contribution in [1.82, 2.24) is 9.88 Å². The topological polar surface area (TPSA) is 54.6 Å². The van der Waals surface area contributed by atoms with Crippen molar-refractivity contribution < 1.29 is 14.3 Å². The minimum absolute atomic E-state index is 0.290. The Kier molecular flexibility index (Phi) is 7.48. The van der Waals surface area contributed by atoms with Crippen molar-refractivity contribution in [3.8, 4) is 11.5 Å². The van der Waals surface area contributed by atoms with E-state index in [0.717, 1.165) is 39.8 Å². The molecule has 0 fully saturated rings. The van der Waals surface area contributed by atoms with Gasteiger partial charge in [-0.2, -0.15) is 0 Å². The number of carbonyl (C=O) groups excluding carboxylic acids is 1. The summed E-state index contributed by atoms with van der Waals surface area (Å²) in [5, 5.41) is 1.23. The summed E-state index contributed by atoms with van der Waals surface area (Å²) in [6.07, 6.45) is 1.20. The molecular weight excluding hydrogens is 575 g/mol. The van der Waals surface area contributed by atoms with Crippen LogP contribution < -0.4 is 9.47 Å². The lowest BCUT2D eigenvalue weighted by atomic mass is 9.92. The number of nitrogens with one attached hydrogen (secondary N) is 1. The molecule has 0 aliphatic carbocycles. The van der Waals surface area contributed by atoms with E-state index >= 15 is 0 Å². The van der Waals surface area contributed by atoms with Gasteiger partial charge in [0, 0.05) is 33.4 Å². The molecule has 5 nitrogen and oxygen atoms in total. The summed E-state index contributed by atoms with van der Waals surface area (Å²) in [5.41, 5.74) is 5.69. The van der Waals surface area contributed by atoms with Gasteiger partial charge in [-0.3, -0.25) is 4.90 Å². The number of para-hydroxylation sites is 1. The number of fused-ring (bicyclic) bond motifs is 3. The van der Waals surface area contributed by atoms with E-state index in [9.17, 15) is 4.79 Å². The lowest BCUT2D eigenvalue weighted by Gasteiger charge is -2.35. The summed E-state index contributed by atoms with van der Waals surface area (Å²) >= 11 is 8.16. The molecule has 1 amide bonds. The monoisotopic (exact) mass is 600 g/mol. The number of amides is 1. The molecule has 35 heavy (non-hydrogen) atoms. The normalized spacial score (nSPS) is 15.1. The Hall–Kier alpha value is -2.71. The van der Waals surface area contributed by atoms with E-state index in [-0.39, 0.29) is 12.1 Å². The minimum atomic E-state index is -0.360. The third kappa shape index (κ3) is 5.14. The van der Waals surface area contributed by atoms with Crippen molar-refractivity contribution in [2.24, 2.45) is 0 Å². The molecule has 0 radical (unpaired) electrons. The molecule has 5 rings (SSSR count). The molecule has 1 N–H and O–H groups in total. The van der Waals surface area contributed by atoms with Crippen LogP contribution in [0.3, 0.4) is 0 Å². The molecule has 1 aliphatic heterocycles. The van der Waals surface area contributed by atoms with E-state index in [1.807, 2.05) is 47.4 Å². The highest BCUT2D eigenvalue weighted by molar-refractivity contribution is 14.1. The maximum absolute atomic E-state index is 13.4. The number of aromatic amines is 1. The van der Waals surface area contributed by atoms with Crippen LogP contribution in [0.5, 0.6) is 11.5 Å². The number of hydrogen-bond donors (Lipinski definition) is 1. The van der Waals surface area contributed by atoms with E-state index < -0.39 is 0 Å². The SMILES string of the molecule is O=C(Oc1ccccc1)N1CCc2c([nH]c3ccc(CI)cc23)C1c1ccc(OCCCCl)cc1. The molecule has 180 valence electrons. The Morgan fingerprint density at radius 1 is 1.06 bits per heavy atom. The van der Waals surface area contributed by atoms with Gasteiger partial charge in [0.05, 0.1) is 6.61 Å². The van der Waals surface area contributed by atoms with Crippen molar-refractivity contribution >= 4 is 51.2 Å². The first-order chi connectivity index (χ1) is 17.2. The van der Waals surface area contributed by atoms with Gasteiger partial charge in [-0.25, -0.2) is 4.79 Å². The molecule has 4 aromatic rings. The largest absolute Gasteiger partial charge is 0.494 e. The highest BCUT2D eigenvalue weighted by Crippen LogP contribution is 2.39. The van der Waals surface area contributed by atoms with Crippen LogP contribution in [0.1, 0.15) is 34.8 Å². The van der Waals surface area contributed by atoms with Crippen LogP contribution in [0.25, 0.3) is 10.9 Å². The molecule has 1 atom stereocenters. The lowest BCUT2D eigenvalue weighted by molar-refractivity contribution is 0.135. The molecule has 1 unspecified atom stereocenters. The smallest absolute Gasteiger partial charge is 0.416 e. The fourth-order valence-corrected chi connectivity index (χ4v) is 5.18. The van der Waals surface area contributed by atoms with Crippen LogP contribution >= 0.6 is 34.2 Å². The van der Waals surface area contributed by atoms with Gasteiger partial charge in [-0.05, 0) is 65.9 Å². The summed E-state index contributed by atoms with van der Waals surface area (Å²) in [6, 6.07) is 23.4. The number of alkyl halides is 2. The van der Waals surface area contributed by atoms with Crippen molar-refractivity contribution in [1.29, 1.82) is 0 Å². The molecule has 3 aromatic carbocycles. The Labute approximate surface area is 223 Å². The van der Waals surface area contributed by atoms with Crippen LogP contribution in [0.4, 0.5) is 4.79 Å². The zero-order valence-corrected chi connectivity index (χ0v) is 22.1. The Morgan fingerprint density at radius 2 is 1.86 bits per heavy atom. The van der Waals surface area contributed by atoms with Gasteiger partial charge in [-0.15, -0.1) is 11.6 Å². The third-order valence-corrected chi connectivity index (χ3v) is 7.42. The van der Waals surface area contributed by atoms with E-state index in [4.69, 9.17) is 21.1 Å². The second-order valence-electron chi connectivity index (χ2n) is 8.52. The van der Waals surface area contributed by atoms with Crippen molar-refractivity contribution in [3.63, 3.8) is 0 Å². The molecule has 0 saturated carbocycles. The van der Waals surface area contributed by atoms with Crippen LogP contribution in [-0.4, -0.2) is 35.0 Å². The fourth-order valence-electron chi connectivity index (χ4n) is 4.60. The van der Waals surface area contributed by atoms with E-state index in [2.05, 4.69) is 45.8 Å². The molecule has 0 saturated heterocycles. The fraction of sp³-hybridized carbons (Fsp3) is 0.250. The zero-order chi connectivity index (χ0) is 24.2. The van der Waals surface area contributed by atoms with Gasteiger partial charge in [-0.1, -0.05) is 59.0 Å². The van der Waals surface area contributed by atoms with Gasteiger partial charge in [0.2, 0.25) is 0 Å². The summed E-state index contributed by atoms with van der Waals surface area (Å²) in [7, 11) is 0. The number of rotatable bonds is 7. The number of aromatic nitrogens is 1. The highest BCUT2D eigenvalue weighted by Gasteiger charge is 2.35. The second kappa shape index (κ2) is 10.9. The summed E-state index contributed by atoms with van der Waals surface area (Å²) in [5.74, 6) is 1.89. The number of halogens is 2. The predicted molar refractivity (Wildman–Crippen MR) is 148 cm³/mol. The van der Waals surface area contributed by atoms with Crippen LogP contribution in [-0.2, 0) is 10.8 Å². The number of benzene rings is 3. The Bertz CT molecular complexity index is 1310. The van der Waals surface area contributed by atoms with Gasteiger partial charge in [0.25, 0.3) is 0 Å². The van der Waals surface area contributed by atoms with Gasteiger partial charge < -0.3 is 14.5 Å². The number of H-pyrrole nitrogens is 1. The molecule has 1 aromatic heterocycles. The quantitative estimate of drug-likeness (QED) is 0.138. The molecule has 2 heterocycles. The molecule has 0 bridgehead atoms. The van der Waals surface area contributed by atoms with Gasteiger partial charge in [0.1, 0.15) is 17.5 Å². The van der Waals surface area contributed by atoms with Crippen molar-refractivity contribution in [2.75, 3.05) is 19.0 Å². The molecule has 1 aliphatic rings. The summed E-state index contributed by atoms with van der Waals surface area (Å²) < 4.78 is 12.5. The molecule has 7 heteroatoms. The number of hydrogen-bond acceptors (Lipinski definition) is 3. The number of nitrogens with zero attached hydrogens (tertiary/aromatic N) is 1. The van der Waals surface area contributed by atoms with Gasteiger partial charge >= 0.3 is 6.09 Å². The lowest BCUT2D eigenvalue weighted by Crippen LogP contribution is -2.42. The van der Waals surface area contributed by atoms with Crippen LogP contribution in [0.2, 0.25) is 0 Å². The Balaban J connectivity index is 1.52. The van der Waals surface area contributed by atoms with Gasteiger partial charge in [0.15, 0.2) is 0 Å². The predicted octanol–water partition coefficient (Wildman–Crippen LogP) is 7.26. The van der Waals surface area contributed by atoms with Crippen LogP contribution in [0, 0.1) is 0 Å². The zero-order valence-electron chi connectivity index (χ0n) is 19.2. The molecule has 0 spiro atoms. The average molecular weight is 601 g/mol. The van der Waals surface area contributed by atoms with Crippen molar-refractivity contribution in [2.45, 2.75) is 23.3 Å². The first-order valence-electron chi connectivity index (χ1n) is 11.7. The Morgan fingerprint density at radius 3 is 2.60 bits per heavy atom. The third-order valence-electron chi connectivity index (χ3n) is 6.27. The second-order valence-corrected chi connectivity index (χ2v) is 9.66. The molecular formula is C28H26ClIN2O3. The first-order valence-corrected chi connectivity index (χ1v) is 13.8. The van der Waals surface area contributed by atoms with E-state index in [0.29, 0.717) is 24.8 Å². The van der Waals surface area contributed by atoms with E-state index in [1.54, 1.807) is 12.1 Å². The number of carbonyl (C=O) groups is 1. The summed E-state index contributed by atoms with van der Waals surface area (Å²) in [4.78, 5) is 18.8. The number of ether oxygens (including phenoxy) is 2. The standard InChI is InChI=1S/C28H26ClIN2O3/c29-14-4-16-34-21-10-8-20(9-11-21)27-26-23(24-17-19(18-30)7-12-25(24)31-26)13-15-32(27)28(33)35-22-5-2-1-3-6-22/h1-3,5-12,17,27,31H,4,13-16,18H2. The maximum Gasteiger partial charge on any atom is 0.416 e. The average Bonchev–Trinajstić information content (AvgIpc) is 3.27.